The minimum atomic E-state index is -2.02. The van der Waals surface area contributed by atoms with E-state index in [1.807, 2.05) is 0 Å². The van der Waals surface area contributed by atoms with Gasteiger partial charge in [0.25, 0.3) is 0 Å². The number of fused-ring (bicyclic) bond motifs is 1. The third-order valence-electron chi connectivity index (χ3n) is 4.23. The molecule has 0 amide bonds. The number of benzene rings is 1. The number of carbonyl (C=O) groups is 4. The largest absolute Gasteiger partial charge is 0.481 e. The van der Waals surface area contributed by atoms with Gasteiger partial charge < -0.3 is 20.4 Å². The molecule has 0 radical (unpaired) electrons. The molecule has 9 nitrogen and oxygen atoms in total. The molecular formula is C16H15NO8. The second-order valence-electron chi connectivity index (χ2n) is 5.65. The Morgan fingerprint density at radius 1 is 0.880 bits per heavy atom. The van der Waals surface area contributed by atoms with Crippen molar-refractivity contribution in [3.63, 3.8) is 0 Å². The van der Waals surface area contributed by atoms with Gasteiger partial charge in [0, 0.05) is 6.21 Å². The highest BCUT2D eigenvalue weighted by Crippen LogP contribution is 2.48. The van der Waals surface area contributed by atoms with Crippen molar-refractivity contribution < 1.29 is 39.6 Å². The highest BCUT2D eigenvalue weighted by Gasteiger charge is 2.56. The van der Waals surface area contributed by atoms with E-state index in [0.717, 1.165) is 0 Å². The van der Waals surface area contributed by atoms with Gasteiger partial charge in [0.2, 0.25) is 0 Å². The fraction of sp³-hybridized carbons (Fsp3) is 0.312. The summed E-state index contributed by atoms with van der Waals surface area (Å²) in [6, 6.07) is 6.17. The molecular weight excluding hydrogens is 334 g/mol. The summed E-state index contributed by atoms with van der Waals surface area (Å²) in [5.74, 6) is -9.52. The van der Waals surface area contributed by atoms with Crippen LogP contribution in [0.5, 0.6) is 0 Å². The number of aliphatic carboxylic acids is 4. The number of nitrogens with zero attached hydrogens (tertiary/aromatic N) is 1. The average molecular weight is 349 g/mol. The van der Waals surface area contributed by atoms with Crippen molar-refractivity contribution in [1.29, 1.82) is 0 Å². The molecule has 9 heteroatoms. The number of rotatable bonds is 8. The maximum Gasteiger partial charge on any atom is 0.309 e. The Morgan fingerprint density at radius 2 is 1.36 bits per heavy atom. The van der Waals surface area contributed by atoms with Crippen LogP contribution >= 0.6 is 0 Å². The molecule has 1 aliphatic heterocycles. The molecule has 2 rings (SSSR count). The fourth-order valence-corrected chi connectivity index (χ4v) is 3.23. The van der Waals surface area contributed by atoms with E-state index in [1.54, 1.807) is 12.1 Å². The monoisotopic (exact) mass is 349 g/mol. The quantitative estimate of drug-likeness (QED) is 0.532. The van der Waals surface area contributed by atoms with E-state index in [9.17, 15) is 29.4 Å². The molecule has 25 heavy (non-hydrogen) atoms. The van der Waals surface area contributed by atoms with E-state index in [1.165, 1.54) is 18.3 Å². The number of carboxylic acid groups (broad SMARTS) is 4. The summed E-state index contributed by atoms with van der Waals surface area (Å²) in [7, 11) is 0. The first kappa shape index (κ1) is 18.1. The maximum absolute atomic E-state index is 11.8. The molecule has 1 aliphatic rings. The van der Waals surface area contributed by atoms with Gasteiger partial charge in [0.1, 0.15) is 5.54 Å². The lowest BCUT2D eigenvalue weighted by Crippen LogP contribution is -2.48. The van der Waals surface area contributed by atoms with Crippen LogP contribution in [0.4, 0.5) is 0 Å². The van der Waals surface area contributed by atoms with Crippen LogP contribution in [0.3, 0.4) is 0 Å². The van der Waals surface area contributed by atoms with Gasteiger partial charge in [-0.3, -0.25) is 24.2 Å². The molecule has 0 saturated carbocycles. The van der Waals surface area contributed by atoms with Crippen molar-refractivity contribution in [3.8, 4) is 0 Å². The van der Waals surface area contributed by atoms with E-state index >= 15 is 0 Å². The van der Waals surface area contributed by atoms with Crippen LogP contribution in [0.25, 0.3) is 0 Å². The van der Waals surface area contributed by atoms with E-state index < -0.39 is 54.1 Å². The van der Waals surface area contributed by atoms with Crippen molar-refractivity contribution in [2.24, 2.45) is 16.8 Å². The van der Waals surface area contributed by atoms with Crippen molar-refractivity contribution >= 4 is 30.1 Å². The van der Waals surface area contributed by atoms with Gasteiger partial charge in [-0.25, -0.2) is 0 Å². The summed E-state index contributed by atoms with van der Waals surface area (Å²) < 4.78 is 0. The van der Waals surface area contributed by atoms with Crippen LogP contribution in [0, 0.1) is 11.8 Å². The predicted molar refractivity (Wildman–Crippen MR) is 82.5 cm³/mol. The molecule has 4 N–H and O–H groups in total. The van der Waals surface area contributed by atoms with E-state index in [2.05, 4.69) is 4.99 Å². The molecule has 0 aromatic heterocycles. The van der Waals surface area contributed by atoms with Crippen LogP contribution in [0.15, 0.2) is 29.3 Å². The Labute approximate surface area is 141 Å². The minimum Gasteiger partial charge on any atom is -0.481 e. The zero-order chi connectivity index (χ0) is 18.8. The summed E-state index contributed by atoms with van der Waals surface area (Å²) in [4.78, 5) is 49.9. The van der Waals surface area contributed by atoms with E-state index in [-0.39, 0.29) is 5.56 Å². The molecule has 0 aliphatic carbocycles. The topological polar surface area (TPSA) is 162 Å². The van der Waals surface area contributed by atoms with Gasteiger partial charge >= 0.3 is 23.9 Å². The van der Waals surface area contributed by atoms with Gasteiger partial charge in [-0.15, -0.1) is 0 Å². The molecule has 1 aromatic rings. The van der Waals surface area contributed by atoms with Crippen LogP contribution in [-0.4, -0.2) is 50.5 Å². The van der Waals surface area contributed by atoms with E-state index in [0.29, 0.717) is 5.56 Å². The summed E-state index contributed by atoms with van der Waals surface area (Å²) in [5, 5.41) is 37.3. The van der Waals surface area contributed by atoms with Crippen molar-refractivity contribution in [2.45, 2.75) is 18.4 Å². The number of carboxylic acids is 4. The lowest BCUT2D eigenvalue weighted by molar-refractivity contribution is -0.159. The molecule has 0 spiro atoms. The molecule has 2 unspecified atom stereocenters. The Hall–Kier alpha value is -3.23. The number of hydrogen-bond donors (Lipinski definition) is 4. The zero-order valence-corrected chi connectivity index (χ0v) is 12.8. The molecule has 1 heterocycles. The normalized spacial score (nSPS) is 20.5. The van der Waals surface area contributed by atoms with E-state index in [4.69, 9.17) is 10.2 Å². The molecule has 0 fully saturated rings. The smallest absolute Gasteiger partial charge is 0.309 e. The summed E-state index contributed by atoms with van der Waals surface area (Å²) in [5.41, 5.74) is -1.40. The van der Waals surface area contributed by atoms with Crippen LogP contribution in [0.2, 0.25) is 0 Å². The lowest BCUT2D eigenvalue weighted by atomic mass is 9.67. The molecule has 0 saturated heterocycles. The minimum absolute atomic E-state index is 0.192. The van der Waals surface area contributed by atoms with Gasteiger partial charge in [0.15, 0.2) is 0 Å². The van der Waals surface area contributed by atoms with Gasteiger partial charge in [0.05, 0.1) is 24.7 Å². The van der Waals surface area contributed by atoms with Gasteiger partial charge in [-0.2, -0.15) is 0 Å². The summed E-state index contributed by atoms with van der Waals surface area (Å²) >= 11 is 0. The van der Waals surface area contributed by atoms with Crippen molar-refractivity contribution in [3.05, 3.63) is 35.4 Å². The average Bonchev–Trinajstić information content (AvgIpc) is 2.90. The fourth-order valence-electron chi connectivity index (χ4n) is 3.23. The molecule has 0 bridgehead atoms. The maximum atomic E-state index is 11.8. The van der Waals surface area contributed by atoms with Crippen LogP contribution < -0.4 is 0 Å². The second-order valence-corrected chi connectivity index (χ2v) is 5.65. The second kappa shape index (κ2) is 6.71. The third kappa shape index (κ3) is 3.21. The molecule has 2 atom stereocenters. The van der Waals surface area contributed by atoms with Gasteiger partial charge in [-0.05, 0) is 11.1 Å². The molecule has 132 valence electrons. The first-order chi connectivity index (χ1) is 11.7. The van der Waals surface area contributed by atoms with Gasteiger partial charge in [-0.1, -0.05) is 24.3 Å². The Kier molecular flexibility index (Phi) is 4.87. The predicted octanol–water partition coefficient (Wildman–Crippen LogP) is 0.665. The van der Waals surface area contributed by atoms with Crippen molar-refractivity contribution in [1.82, 2.24) is 0 Å². The molecule has 1 aromatic carbocycles. The lowest BCUT2D eigenvalue weighted by Gasteiger charge is -2.37. The summed E-state index contributed by atoms with van der Waals surface area (Å²) in [6.07, 6.45) is -0.542. The first-order valence-corrected chi connectivity index (χ1v) is 7.24. The third-order valence-corrected chi connectivity index (χ3v) is 4.23. The Morgan fingerprint density at radius 3 is 1.80 bits per heavy atom. The summed E-state index contributed by atoms with van der Waals surface area (Å²) in [6.45, 7) is 0. The Bertz CT molecular complexity index is 735. The first-order valence-electron chi connectivity index (χ1n) is 7.24. The standard InChI is InChI=1S/C16H15NO8/c18-12(19)5-10(14(22)23)16(11(15(24)25)6-13(20)21)9-4-2-1-3-8(9)7-17-16/h1-4,7,10-11H,5-6H2,(H,18,19)(H,20,21)(H,22,23)(H,24,25). The SMILES string of the molecule is O=C(O)CC(C(=O)O)C1(C(CC(=O)O)C(=O)O)N=Cc2ccccc21. The Balaban J connectivity index is 2.74. The van der Waals surface area contributed by atoms with Crippen molar-refractivity contribution in [2.75, 3.05) is 0 Å². The van der Waals surface area contributed by atoms with Crippen LogP contribution in [-0.2, 0) is 24.7 Å². The highest BCUT2D eigenvalue weighted by atomic mass is 16.4. The number of aliphatic imine (C=N–C) groups is 1. The number of hydrogen-bond acceptors (Lipinski definition) is 5. The van der Waals surface area contributed by atoms with Crippen LogP contribution in [0.1, 0.15) is 24.0 Å². The zero-order valence-electron chi connectivity index (χ0n) is 12.8. The highest BCUT2D eigenvalue weighted by molar-refractivity contribution is 5.92.